The zero-order chi connectivity index (χ0) is 17.0. The molecule has 2 aromatic carbocycles. The van der Waals surface area contributed by atoms with Gasteiger partial charge in [0.1, 0.15) is 0 Å². The first-order valence-corrected chi connectivity index (χ1v) is 8.20. The summed E-state index contributed by atoms with van der Waals surface area (Å²) in [5.41, 5.74) is 2.71. The quantitative estimate of drug-likeness (QED) is 0.841. The van der Waals surface area contributed by atoms with E-state index in [2.05, 4.69) is 5.32 Å². The fourth-order valence-corrected chi connectivity index (χ4v) is 3.23. The summed E-state index contributed by atoms with van der Waals surface area (Å²) >= 11 is 0. The Labute approximate surface area is 152 Å². The molecule has 1 atom stereocenters. The molecule has 136 valence electrons. The van der Waals surface area contributed by atoms with Crippen LogP contribution in [0.5, 0.6) is 0 Å². The number of nitrogens with zero attached hydrogens (tertiary/aromatic N) is 1. The predicted molar refractivity (Wildman–Crippen MR) is 97.0 cm³/mol. The number of piperazine rings is 1. The Bertz CT molecular complexity index is 655. The van der Waals surface area contributed by atoms with E-state index < -0.39 is 18.6 Å². The highest BCUT2D eigenvalue weighted by molar-refractivity contribution is 5.85. The molecule has 0 amide bonds. The number of alkyl halides is 3. The molecule has 2 aromatic rings. The molecule has 1 saturated heterocycles. The summed E-state index contributed by atoms with van der Waals surface area (Å²) < 4.78 is 39.4. The lowest BCUT2D eigenvalue weighted by Gasteiger charge is -2.35. The zero-order valence-electron chi connectivity index (χ0n) is 13.8. The molecule has 1 fully saturated rings. The molecule has 0 bridgehead atoms. The molecule has 2 nitrogen and oxygen atoms in total. The van der Waals surface area contributed by atoms with Gasteiger partial charge in [-0.05, 0) is 22.8 Å². The zero-order valence-corrected chi connectivity index (χ0v) is 14.6. The van der Waals surface area contributed by atoms with E-state index in [1.165, 1.54) is 0 Å². The van der Waals surface area contributed by atoms with Crippen LogP contribution >= 0.6 is 12.4 Å². The number of hydrogen-bond acceptors (Lipinski definition) is 2. The minimum atomic E-state index is -4.18. The fourth-order valence-electron chi connectivity index (χ4n) is 3.23. The van der Waals surface area contributed by atoms with Gasteiger partial charge in [-0.1, -0.05) is 48.5 Å². The summed E-state index contributed by atoms with van der Waals surface area (Å²) in [4.78, 5) is 1.94. The van der Waals surface area contributed by atoms with Gasteiger partial charge in [0.2, 0.25) is 0 Å². The van der Waals surface area contributed by atoms with Crippen molar-refractivity contribution in [3.8, 4) is 11.1 Å². The SMILES string of the molecule is Cl.FC(F)(F)C[C@H](c1cccc(-c2ccccc2)c1)N1CCNCC1. The minimum absolute atomic E-state index is 0. The Morgan fingerprint density at radius 1 is 0.920 bits per heavy atom. The predicted octanol–water partition coefficient (Wildman–Crippen LogP) is 4.67. The average molecular weight is 371 g/mol. The molecule has 1 aliphatic heterocycles. The van der Waals surface area contributed by atoms with Gasteiger partial charge in [-0.2, -0.15) is 13.2 Å². The number of nitrogens with one attached hydrogen (secondary N) is 1. The first kappa shape index (κ1) is 19.8. The molecule has 1 N–H and O–H groups in total. The Balaban J connectivity index is 0.00000225. The van der Waals surface area contributed by atoms with Crippen molar-refractivity contribution in [2.24, 2.45) is 0 Å². The minimum Gasteiger partial charge on any atom is -0.314 e. The summed E-state index contributed by atoms with van der Waals surface area (Å²) in [6.07, 6.45) is -5.00. The molecular weight excluding hydrogens is 349 g/mol. The largest absolute Gasteiger partial charge is 0.390 e. The van der Waals surface area contributed by atoms with Crippen LogP contribution in [-0.4, -0.2) is 37.3 Å². The molecule has 0 aliphatic carbocycles. The maximum Gasteiger partial charge on any atom is 0.390 e. The van der Waals surface area contributed by atoms with Crippen molar-refractivity contribution in [3.63, 3.8) is 0 Å². The Morgan fingerprint density at radius 3 is 2.20 bits per heavy atom. The van der Waals surface area contributed by atoms with Crippen LogP contribution in [0.4, 0.5) is 13.2 Å². The van der Waals surface area contributed by atoms with E-state index in [0.29, 0.717) is 13.1 Å². The molecule has 0 spiro atoms. The molecule has 1 aliphatic rings. The lowest BCUT2D eigenvalue weighted by molar-refractivity contribution is -0.148. The molecule has 0 aromatic heterocycles. The molecule has 0 saturated carbocycles. The van der Waals surface area contributed by atoms with Gasteiger partial charge >= 0.3 is 6.18 Å². The Hall–Kier alpha value is -1.56. The van der Waals surface area contributed by atoms with Crippen LogP contribution in [0.3, 0.4) is 0 Å². The summed E-state index contributed by atoms with van der Waals surface area (Å²) in [5.74, 6) is 0. The van der Waals surface area contributed by atoms with Crippen molar-refractivity contribution < 1.29 is 13.2 Å². The Morgan fingerprint density at radius 2 is 1.56 bits per heavy atom. The van der Waals surface area contributed by atoms with Gasteiger partial charge in [-0.15, -0.1) is 12.4 Å². The van der Waals surface area contributed by atoms with E-state index in [1.807, 2.05) is 59.5 Å². The van der Waals surface area contributed by atoms with Gasteiger partial charge in [0.25, 0.3) is 0 Å². The summed E-state index contributed by atoms with van der Waals surface area (Å²) in [6, 6.07) is 16.6. The smallest absolute Gasteiger partial charge is 0.314 e. The van der Waals surface area contributed by atoms with Gasteiger partial charge in [0.15, 0.2) is 0 Å². The van der Waals surface area contributed by atoms with Gasteiger partial charge in [0, 0.05) is 32.2 Å². The number of hydrogen-bond donors (Lipinski definition) is 1. The van der Waals surface area contributed by atoms with Crippen LogP contribution in [0.15, 0.2) is 54.6 Å². The number of benzene rings is 2. The maximum atomic E-state index is 13.1. The summed E-state index contributed by atoms with van der Waals surface area (Å²) in [7, 11) is 0. The Kier molecular flexibility index (Phi) is 6.87. The maximum absolute atomic E-state index is 13.1. The van der Waals surface area contributed by atoms with Crippen molar-refractivity contribution in [1.82, 2.24) is 10.2 Å². The van der Waals surface area contributed by atoms with Gasteiger partial charge in [0.05, 0.1) is 6.42 Å². The standard InChI is InChI=1S/C19H21F3N2.ClH/c20-19(21,22)14-18(24-11-9-23-10-12-24)17-8-4-7-16(13-17)15-5-2-1-3-6-15;/h1-8,13,18,23H,9-12,14H2;1H/t18-;/m1./s1. The van der Waals surface area contributed by atoms with Crippen LogP contribution in [0.25, 0.3) is 11.1 Å². The number of rotatable bonds is 4. The highest BCUT2D eigenvalue weighted by Gasteiger charge is 2.36. The second-order valence-corrected chi connectivity index (χ2v) is 6.11. The van der Waals surface area contributed by atoms with Crippen molar-refractivity contribution >= 4 is 12.4 Å². The normalized spacial score (nSPS) is 16.9. The highest BCUT2D eigenvalue weighted by Crippen LogP contribution is 2.35. The molecule has 0 radical (unpaired) electrons. The first-order chi connectivity index (χ1) is 11.5. The monoisotopic (exact) mass is 370 g/mol. The second-order valence-electron chi connectivity index (χ2n) is 6.11. The van der Waals surface area contributed by atoms with Crippen LogP contribution in [-0.2, 0) is 0 Å². The molecule has 1 heterocycles. The molecule has 0 unspecified atom stereocenters. The third-order valence-electron chi connectivity index (χ3n) is 4.40. The van der Waals surface area contributed by atoms with E-state index in [1.54, 1.807) is 0 Å². The average Bonchev–Trinajstić information content (AvgIpc) is 2.61. The lowest BCUT2D eigenvalue weighted by Crippen LogP contribution is -2.46. The third kappa shape index (κ3) is 5.46. The van der Waals surface area contributed by atoms with Crippen LogP contribution in [0.2, 0.25) is 0 Å². The van der Waals surface area contributed by atoms with E-state index in [0.717, 1.165) is 29.8 Å². The number of halogens is 4. The van der Waals surface area contributed by atoms with E-state index >= 15 is 0 Å². The third-order valence-corrected chi connectivity index (χ3v) is 4.40. The van der Waals surface area contributed by atoms with Crippen molar-refractivity contribution in [3.05, 3.63) is 60.2 Å². The van der Waals surface area contributed by atoms with Crippen molar-refractivity contribution in [2.75, 3.05) is 26.2 Å². The van der Waals surface area contributed by atoms with E-state index in [4.69, 9.17) is 0 Å². The summed E-state index contributed by atoms with van der Waals surface area (Å²) in [5, 5.41) is 3.20. The topological polar surface area (TPSA) is 15.3 Å². The first-order valence-electron chi connectivity index (χ1n) is 8.20. The van der Waals surface area contributed by atoms with Crippen LogP contribution < -0.4 is 5.32 Å². The van der Waals surface area contributed by atoms with Gasteiger partial charge < -0.3 is 5.32 Å². The molecule has 25 heavy (non-hydrogen) atoms. The summed E-state index contributed by atoms with van der Waals surface area (Å²) in [6.45, 7) is 2.73. The molecular formula is C19H22ClF3N2. The molecule has 3 rings (SSSR count). The lowest BCUT2D eigenvalue weighted by atomic mass is 9.96. The second kappa shape index (κ2) is 8.70. The van der Waals surface area contributed by atoms with Gasteiger partial charge in [-0.25, -0.2) is 0 Å². The highest BCUT2D eigenvalue weighted by atomic mass is 35.5. The van der Waals surface area contributed by atoms with Crippen LogP contribution in [0.1, 0.15) is 18.0 Å². The molecule has 6 heteroatoms. The van der Waals surface area contributed by atoms with Gasteiger partial charge in [-0.3, -0.25) is 4.90 Å². The van der Waals surface area contributed by atoms with Crippen molar-refractivity contribution in [1.29, 1.82) is 0 Å². The fraction of sp³-hybridized carbons (Fsp3) is 0.368. The van der Waals surface area contributed by atoms with E-state index in [9.17, 15) is 13.2 Å². The van der Waals surface area contributed by atoms with E-state index in [-0.39, 0.29) is 12.4 Å². The van der Waals surface area contributed by atoms with Crippen molar-refractivity contribution in [2.45, 2.75) is 18.6 Å². The van der Waals surface area contributed by atoms with Crippen LogP contribution in [0, 0.1) is 0 Å².